The van der Waals surface area contributed by atoms with Gasteiger partial charge in [0.25, 0.3) is 5.91 Å². The van der Waals surface area contributed by atoms with Crippen LogP contribution in [-0.4, -0.2) is 71.1 Å². The molecule has 0 bridgehead atoms. The van der Waals surface area contributed by atoms with E-state index in [0.29, 0.717) is 61.1 Å². The van der Waals surface area contributed by atoms with Crippen molar-refractivity contribution in [2.75, 3.05) is 33.4 Å². The molecule has 1 amide bonds. The van der Waals surface area contributed by atoms with Crippen LogP contribution in [0.4, 0.5) is 0 Å². The smallest absolute Gasteiger partial charge is 0.253 e. The fourth-order valence-corrected chi connectivity index (χ4v) is 3.81. The van der Waals surface area contributed by atoms with Gasteiger partial charge in [-0.25, -0.2) is 4.98 Å². The second kappa shape index (κ2) is 17.5. The topological polar surface area (TPSA) is 124 Å². The third kappa shape index (κ3) is 10.9. The minimum atomic E-state index is -0.00366. The molecule has 1 aliphatic heterocycles. The standard InChI is InChI=1S/C28H31N5O2.C6H5NO/c1-4-6-22(19-21(2)30-3)9-12-25-20-31-27(32-25)14-13-26(29)23-7-5-8-24(11-10-23)28(34)33-15-17-35-18-16-33;8-5-6-1-3-7-4-2-6/h4-6,8,10-11,13-14,19-20,29-30H,1,7,15-18H2,2-3H3,(H,31,32);1-5H/b14-13-,21-19+,22-6-,29-26?;. The maximum atomic E-state index is 12.7. The number of pyridine rings is 1. The van der Waals surface area contributed by atoms with E-state index < -0.39 is 0 Å². The Bertz CT molecular complexity index is 1540. The van der Waals surface area contributed by atoms with Gasteiger partial charge in [-0.15, -0.1) is 0 Å². The number of amides is 1. The molecular formula is C34H36N6O3. The van der Waals surface area contributed by atoms with Gasteiger partial charge in [0.1, 0.15) is 17.8 Å². The summed E-state index contributed by atoms with van der Waals surface area (Å²) in [7, 11) is 1.86. The molecule has 1 fully saturated rings. The molecule has 1 saturated heterocycles. The number of ether oxygens (including phenoxy) is 1. The van der Waals surface area contributed by atoms with E-state index in [-0.39, 0.29) is 5.91 Å². The Morgan fingerprint density at radius 2 is 2.00 bits per heavy atom. The van der Waals surface area contributed by atoms with Crippen molar-refractivity contribution in [2.45, 2.75) is 13.3 Å². The molecule has 4 rings (SSSR count). The largest absolute Gasteiger partial charge is 0.392 e. The maximum Gasteiger partial charge on any atom is 0.253 e. The van der Waals surface area contributed by atoms with E-state index in [1.54, 1.807) is 59.9 Å². The van der Waals surface area contributed by atoms with Crippen LogP contribution in [0.25, 0.3) is 6.08 Å². The average Bonchev–Trinajstić information content (AvgIpc) is 3.36. The summed E-state index contributed by atoms with van der Waals surface area (Å²) in [4.78, 5) is 35.7. The number of carbonyl (C=O) groups is 2. The number of aromatic nitrogens is 3. The molecule has 0 radical (unpaired) electrons. The molecule has 3 heterocycles. The third-order valence-electron chi connectivity index (χ3n) is 6.24. The lowest BCUT2D eigenvalue weighted by Gasteiger charge is -2.27. The molecule has 3 N–H and O–H groups in total. The second-order valence-corrected chi connectivity index (χ2v) is 9.34. The Labute approximate surface area is 252 Å². The van der Waals surface area contributed by atoms with E-state index in [9.17, 15) is 9.59 Å². The van der Waals surface area contributed by atoms with Gasteiger partial charge in [-0.3, -0.25) is 14.6 Å². The highest BCUT2D eigenvalue weighted by molar-refractivity contribution is 6.09. The summed E-state index contributed by atoms with van der Waals surface area (Å²) in [5, 5.41) is 11.5. The lowest BCUT2D eigenvalue weighted by Crippen LogP contribution is -2.41. The van der Waals surface area contributed by atoms with Crippen LogP contribution >= 0.6 is 0 Å². The molecule has 2 aromatic rings. The number of carbonyl (C=O) groups excluding carboxylic acids is 2. The second-order valence-electron chi connectivity index (χ2n) is 9.34. The SMILES string of the molecule is C=C/C=C(C#Cc1cnc(/C=C\C(=N)C2=CC=C(C(=O)N3CCOCC3)C=CC2)[nH]1)\C=C(/C)NC.O=Cc1ccncc1. The zero-order chi connectivity index (χ0) is 30.9. The number of aldehydes is 1. The number of imidazole rings is 1. The summed E-state index contributed by atoms with van der Waals surface area (Å²) in [6.45, 7) is 8.04. The number of nitrogens with one attached hydrogen (secondary N) is 3. The van der Waals surface area contributed by atoms with Crippen molar-refractivity contribution >= 4 is 24.0 Å². The van der Waals surface area contributed by atoms with Gasteiger partial charge in [0.15, 0.2) is 0 Å². The van der Waals surface area contributed by atoms with Crippen molar-refractivity contribution in [3.63, 3.8) is 0 Å². The van der Waals surface area contributed by atoms with Crippen LogP contribution in [0.1, 0.15) is 35.2 Å². The maximum absolute atomic E-state index is 12.7. The van der Waals surface area contributed by atoms with Gasteiger partial charge in [0.05, 0.1) is 25.1 Å². The summed E-state index contributed by atoms with van der Waals surface area (Å²) in [6.07, 6.45) is 22.5. The fourth-order valence-electron chi connectivity index (χ4n) is 3.81. The molecule has 9 nitrogen and oxygen atoms in total. The number of allylic oxidation sites excluding steroid dienone is 10. The minimum Gasteiger partial charge on any atom is -0.392 e. The lowest BCUT2D eigenvalue weighted by atomic mass is 10.1. The van der Waals surface area contributed by atoms with Crippen LogP contribution in [0.5, 0.6) is 0 Å². The van der Waals surface area contributed by atoms with E-state index in [0.717, 1.165) is 23.1 Å². The van der Waals surface area contributed by atoms with Gasteiger partial charge in [-0.2, -0.15) is 0 Å². The van der Waals surface area contributed by atoms with Gasteiger partial charge in [0.2, 0.25) is 0 Å². The molecule has 9 heteroatoms. The molecule has 220 valence electrons. The minimum absolute atomic E-state index is 0.00366. The van der Waals surface area contributed by atoms with Gasteiger partial charge < -0.3 is 25.3 Å². The van der Waals surface area contributed by atoms with E-state index >= 15 is 0 Å². The molecule has 0 atom stereocenters. The Hall–Kier alpha value is -5.33. The Balaban J connectivity index is 0.000000546. The Kier molecular flexibility index (Phi) is 13.1. The molecule has 0 aromatic carbocycles. The first-order valence-corrected chi connectivity index (χ1v) is 13.8. The van der Waals surface area contributed by atoms with Crippen molar-refractivity contribution in [1.29, 1.82) is 5.41 Å². The third-order valence-corrected chi connectivity index (χ3v) is 6.24. The highest BCUT2D eigenvalue weighted by atomic mass is 16.5. The molecule has 43 heavy (non-hydrogen) atoms. The Morgan fingerprint density at radius 3 is 2.67 bits per heavy atom. The first-order chi connectivity index (χ1) is 20.9. The summed E-state index contributed by atoms with van der Waals surface area (Å²) in [5.74, 6) is 6.77. The predicted octanol–water partition coefficient (Wildman–Crippen LogP) is 4.60. The number of hydrogen-bond acceptors (Lipinski definition) is 7. The van der Waals surface area contributed by atoms with Crippen molar-refractivity contribution in [1.82, 2.24) is 25.2 Å². The quantitative estimate of drug-likeness (QED) is 0.183. The van der Waals surface area contributed by atoms with Crippen LogP contribution in [0.15, 0.2) is 108 Å². The number of aromatic amines is 1. The van der Waals surface area contributed by atoms with Gasteiger partial charge in [-0.05, 0) is 67.4 Å². The van der Waals surface area contributed by atoms with Crippen LogP contribution in [0, 0.1) is 17.3 Å². The van der Waals surface area contributed by atoms with E-state index in [1.165, 1.54) is 0 Å². The molecule has 1 aliphatic carbocycles. The molecule has 2 aromatic heterocycles. The molecule has 0 spiro atoms. The number of nitrogens with zero attached hydrogens (tertiary/aromatic N) is 3. The molecule has 2 aliphatic rings. The number of hydrogen-bond donors (Lipinski definition) is 3. The van der Waals surface area contributed by atoms with Crippen molar-refractivity contribution in [2.24, 2.45) is 0 Å². The Morgan fingerprint density at radius 1 is 1.23 bits per heavy atom. The predicted molar refractivity (Wildman–Crippen MR) is 170 cm³/mol. The highest BCUT2D eigenvalue weighted by Crippen LogP contribution is 2.16. The van der Waals surface area contributed by atoms with Crippen molar-refractivity contribution in [3.8, 4) is 11.8 Å². The van der Waals surface area contributed by atoms with Crippen molar-refractivity contribution < 1.29 is 14.3 Å². The van der Waals surface area contributed by atoms with Crippen LogP contribution in [0.3, 0.4) is 0 Å². The fraction of sp³-hybridized carbons (Fsp3) is 0.206. The molecule has 0 unspecified atom stereocenters. The van der Waals surface area contributed by atoms with E-state index in [1.807, 2.05) is 44.4 Å². The zero-order valence-electron chi connectivity index (χ0n) is 24.5. The number of rotatable bonds is 8. The van der Waals surface area contributed by atoms with Crippen LogP contribution in [0.2, 0.25) is 0 Å². The summed E-state index contributed by atoms with van der Waals surface area (Å²) in [6, 6.07) is 3.32. The summed E-state index contributed by atoms with van der Waals surface area (Å²) < 4.78 is 5.32. The zero-order valence-corrected chi connectivity index (χ0v) is 24.5. The normalized spacial score (nSPS) is 15.2. The van der Waals surface area contributed by atoms with Crippen LogP contribution < -0.4 is 5.32 Å². The number of morpholine rings is 1. The van der Waals surface area contributed by atoms with Crippen LogP contribution in [-0.2, 0) is 9.53 Å². The van der Waals surface area contributed by atoms with E-state index in [2.05, 4.69) is 38.7 Å². The first-order valence-electron chi connectivity index (χ1n) is 13.8. The molecular weight excluding hydrogens is 540 g/mol. The number of H-pyrrole nitrogens is 1. The van der Waals surface area contributed by atoms with Crippen molar-refractivity contribution in [3.05, 3.63) is 125 Å². The van der Waals surface area contributed by atoms with Gasteiger partial charge >= 0.3 is 0 Å². The summed E-state index contributed by atoms with van der Waals surface area (Å²) >= 11 is 0. The first kappa shape index (κ1) is 32.2. The molecule has 0 saturated carbocycles. The van der Waals surface area contributed by atoms with E-state index in [4.69, 9.17) is 10.1 Å². The highest BCUT2D eigenvalue weighted by Gasteiger charge is 2.19. The lowest BCUT2D eigenvalue weighted by molar-refractivity contribution is -0.130. The van der Waals surface area contributed by atoms with Gasteiger partial charge in [0, 0.05) is 54.9 Å². The van der Waals surface area contributed by atoms with Gasteiger partial charge in [-0.1, -0.05) is 36.8 Å². The summed E-state index contributed by atoms with van der Waals surface area (Å²) in [5.41, 5.74) is 4.96. The monoisotopic (exact) mass is 576 g/mol. The average molecular weight is 577 g/mol.